The molecule has 0 saturated heterocycles. The first kappa shape index (κ1) is 13.0. The molecule has 0 spiro atoms. The van der Waals surface area contributed by atoms with Crippen molar-refractivity contribution < 1.29 is 10.0 Å². The summed E-state index contributed by atoms with van der Waals surface area (Å²) in [4.78, 5) is 10.0. The maximum absolute atomic E-state index is 10.5. The van der Waals surface area contributed by atoms with E-state index in [4.69, 9.17) is 23.2 Å². The normalized spacial score (nSPS) is 12.2. The van der Waals surface area contributed by atoms with Crippen LogP contribution < -0.4 is 5.32 Å². The molecule has 7 heteroatoms. The third kappa shape index (κ3) is 3.52. The van der Waals surface area contributed by atoms with Crippen LogP contribution in [0.15, 0.2) is 18.2 Å². The van der Waals surface area contributed by atoms with Crippen LogP contribution in [0, 0.1) is 10.1 Å². The molecular weight excluding hydrogens is 255 g/mol. The summed E-state index contributed by atoms with van der Waals surface area (Å²) in [5.74, 6) is 0.0829. The Balaban J connectivity index is 2.78. The summed E-state index contributed by atoms with van der Waals surface area (Å²) in [5.41, 5.74) is 0.340. The lowest BCUT2D eigenvalue weighted by Gasteiger charge is -2.10. The van der Waals surface area contributed by atoms with Crippen LogP contribution in [0.3, 0.4) is 0 Å². The van der Waals surface area contributed by atoms with Gasteiger partial charge < -0.3 is 10.4 Å². The number of anilines is 1. The number of aliphatic hydroxyl groups is 1. The van der Waals surface area contributed by atoms with Crippen molar-refractivity contribution in [3.63, 3.8) is 0 Å². The van der Waals surface area contributed by atoms with Crippen LogP contribution in [-0.2, 0) is 0 Å². The molecule has 0 fully saturated rings. The number of hydrogen-bond acceptors (Lipinski definition) is 4. The van der Waals surface area contributed by atoms with Crippen LogP contribution in [0.5, 0.6) is 0 Å². The summed E-state index contributed by atoms with van der Waals surface area (Å²) < 4.78 is 0. The molecule has 88 valence electrons. The number of aliphatic hydroxyl groups excluding tert-OH is 1. The Morgan fingerprint density at radius 1 is 1.56 bits per heavy atom. The molecule has 0 aromatic heterocycles. The number of benzene rings is 1. The molecule has 1 aromatic rings. The summed E-state index contributed by atoms with van der Waals surface area (Å²) >= 11 is 11.2. The van der Waals surface area contributed by atoms with Gasteiger partial charge in [0.15, 0.2) is 0 Å². The van der Waals surface area contributed by atoms with Crippen LogP contribution in [-0.4, -0.2) is 28.6 Å². The van der Waals surface area contributed by atoms with E-state index in [0.717, 1.165) is 0 Å². The molecule has 0 heterocycles. The second kappa shape index (κ2) is 5.89. The molecule has 5 nitrogen and oxygen atoms in total. The third-order valence-corrected chi connectivity index (χ3v) is 2.55. The van der Waals surface area contributed by atoms with E-state index >= 15 is 0 Å². The van der Waals surface area contributed by atoms with Gasteiger partial charge in [0.1, 0.15) is 0 Å². The van der Waals surface area contributed by atoms with E-state index in [1.165, 1.54) is 18.2 Å². The fraction of sp³-hybridized carbons (Fsp3) is 0.333. The maximum Gasteiger partial charge on any atom is 0.271 e. The molecular formula is C9H10Cl2N2O3. The highest BCUT2D eigenvalue weighted by Crippen LogP contribution is 2.26. The van der Waals surface area contributed by atoms with E-state index in [-0.39, 0.29) is 18.1 Å². The van der Waals surface area contributed by atoms with Gasteiger partial charge in [-0.3, -0.25) is 10.1 Å². The van der Waals surface area contributed by atoms with Crippen LogP contribution in [0.2, 0.25) is 5.02 Å². The van der Waals surface area contributed by atoms with Crippen LogP contribution in [0.4, 0.5) is 11.4 Å². The summed E-state index contributed by atoms with van der Waals surface area (Å²) in [5, 5.41) is 22.9. The summed E-state index contributed by atoms with van der Waals surface area (Å²) in [7, 11) is 0. The SMILES string of the molecule is O=[N+]([O-])c1ccc(Cl)c(NCC(O)CCl)c1. The predicted octanol–water partition coefficient (Wildman–Crippen LogP) is 2.26. The summed E-state index contributed by atoms with van der Waals surface area (Å²) in [6.07, 6.45) is -0.725. The van der Waals surface area contributed by atoms with E-state index in [1.54, 1.807) is 0 Å². The van der Waals surface area contributed by atoms with Gasteiger partial charge in [-0.15, -0.1) is 11.6 Å². The van der Waals surface area contributed by atoms with Gasteiger partial charge in [-0.1, -0.05) is 11.6 Å². The van der Waals surface area contributed by atoms with E-state index in [1.807, 2.05) is 0 Å². The Morgan fingerprint density at radius 2 is 2.25 bits per heavy atom. The molecule has 1 aromatic carbocycles. The zero-order valence-corrected chi connectivity index (χ0v) is 9.70. The minimum absolute atomic E-state index is 0.0627. The fourth-order valence-corrected chi connectivity index (χ4v) is 1.34. The standard InChI is InChI=1S/C9H10Cl2N2O3/c10-4-7(14)5-12-9-3-6(13(15)16)1-2-8(9)11/h1-3,7,12,14H,4-5H2. The zero-order chi connectivity index (χ0) is 12.1. The lowest BCUT2D eigenvalue weighted by Crippen LogP contribution is -2.20. The largest absolute Gasteiger partial charge is 0.390 e. The number of hydrogen-bond donors (Lipinski definition) is 2. The molecule has 1 unspecified atom stereocenters. The highest BCUT2D eigenvalue weighted by Gasteiger charge is 2.10. The average Bonchev–Trinajstić information content (AvgIpc) is 2.27. The van der Waals surface area contributed by atoms with Gasteiger partial charge in [0.25, 0.3) is 5.69 Å². The van der Waals surface area contributed by atoms with Gasteiger partial charge in [-0.05, 0) is 6.07 Å². The number of nitro groups is 1. The first-order valence-corrected chi connectivity index (χ1v) is 5.37. The topological polar surface area (TPSA) is 75.4 Å². The molecule has 0 aliphatic heterocycles. The predicted molar refractivity (Wildman–Crippen MR) is 63.3 cm³/mol. The lowest BCUT2D eigenvalue weighted by atomic mass is 10.2. The maximum atomic E-state index is 10.5. The van der Waals surface area contributed by atoms with Crippen molar-refractivity contribution in [2.45, 2.75) is 6.10 Å². The van der Waals surface area contributed by atoms with Crippen molar-refractivity contribution >= 4 is 34.6 Å². The Morgan fingerprint density at radius 3 is 2.81 bits per heavy atom. The van der Waals surface area contributed by atoms with Crippen LogP contribution in [0.1, 0.15) is 0 Å². The highest BCUT2D eigenvalue weighted by molar-refractivity contribution is 6.33. The molecule has 2 N–H and O–H groups in total. The van der Waals surface area contributed by atoms with E-state index in [0.29, 0.717) is 10.7 Å². The molecule has 1 rings (SSSR count). The van der Waals surface area contributed by atoms with Gasteiger partial charge in [-0.2, -0.15) is 0 Å². The van der Waals surface area contributed by atoms with Crippen molar-refractivity contribution in [1.29, 1.82) is 0 Å². The monoisotopic (exact) mass is 264 g/mol. The van der Waals surface area contributed by atoms with E-state index in [9.17, 15) is 15.2 Å². The molecule has 16 heavy (non-hydrogen) atoms. The number of nitro benzene ring substituents is 1. The first-order valence-electron chi connectivity index (χ1n) is 4.46. The second-order valence-corrected chi connectivity index (χ2v) is 3.83. The number of alkyl halides is 1. The molecule has 0 amide bonds. The Bertz CT molecular complexity index is 387. The Labute approximate surface area is 102 Å². The molecule has 0 aliphatic carbocycles. The third-order valence-electron chi connectivity index (χ3n) is 1.87. The molecule has 1 atom stereocenters. The minimum Gasteiger partial charge on any atom is -0.390 e. The van der Waals surface area contributed by atoms with Crippen molar-refractivity contribution in [2.75, 3.05) is 17.7 Å². The minimum atomic E-state index is -0.725. The number of nitrogens with zero attached hydrogens (tertiary/aromatic N) is 1. The second-order valence-electron chi connectivity index (χ2n) is 3.11. The Kier molecular flexibility index (Phi) is 4.79. The molecule has 0 radical (unpaired) electrons. The fourth-order valence-electron chi connectivity index (χ4n) is 1.04. The van der Waals surface area contributed by atoms with Gasteiger partial charge in [0.05, 0.1) is 27.6 Å². The number of nitrogens with one attached hydrogen (secondary N) is 1. The van der Waals surface area contributed by atoms with E-state index in [2.05, 4.69) is 5.32 Å². The summed E-state index contributed by atoms with van der Waals surface area (Å²) in [6.45, 7) is 0.185. The van der Waals surface area contributed by atoms with Gasteiger partial charge >= 0.3 is 0 Å². The van der Waals surface area contributed by atoms with Crippen molar-refractivity contribution in [1.82, 2.24) is 0 Å². The van der Waals surface area contributed by atoms with Crippen molar-refractivity contribution in [3.8, 4) is 0 Å². The Hall–Kier alpha value is -1.04. The van der Waals surface area contributed by atoms with E-state index < -0.39 is 11.0 Å². The summed E-state index contributed by atoms with van der Waals surface area (Å²) in [6, 6.07) is 4.05. The molecule has 0 saturated carbocycles. The number of halogens is 2. The van der Waals surface area contributed by atoms with Gasteiger partial charge in [-0.25, -0.2) is 0 Å². The molecule has 0 bridgehead atoms. The lowest BCUT2D eigenvalue weighted by molar-refractivity contribution is -0.384. The smallest absolute Gasteiger partial charge is 0.271 e. The quantitative estimate of drug-likeness (QED) is 0.486. The number of non-ortho nitro benzene ring substituents is 1. The first-order chi connectivity index (χ1) is 7.54. The van der Waals surface area contributed by atoms with Gasteiger partial charge in [0, 0.05) is 18.7 Å². The van der Waals surface area contributed by atoms with Crippen molar-refractivity contribution in [3.05, 3.63) is 33.3 Å². The van der Waals surface area contributed by atoms with Gasteiger partial charge in [0.2, 0.25) is 0 Å². The number of rotatable bonds is 5. The van der Waals surface area contributed by atoms with Crippen LogP contribution in [0.25, 0.3) is 0 Å². The molecule has 0 aliphatic rings. The average molecular weight is 265 g/mol. The van der Waals surface area contributed by atoms with Crippen LogP contribution >= 0.6 is 23.2 Å². The van der Waals surface area contributed by atoms with Crippen molar-refractivity contribution in [2.24, 2.45) is 0 Å². The zero-order valence-electron chi connectivity index (χ0n) is 8.19. The highest BCUT2D eigenvalue weighted by atomic mass is 35.5.